The second kappa shape index (κ2) is 8.69. The van der Waals surface area contributed by atoms with Crippen molar-refractivity contribution in [2.24, 2.45) is 0 Å². The number of carbonyl (C=O) groups excluding carboxylic acids is 2. The van der Waals surface area contributed by atoms with Crippen molar-refractivity contribution in [2.45, 2.75) is 5.03 Å². The van der Waals surface area contributed by atoms with Crippen LogP contribution in [0.25, 0.3) is 0 Å². The number of thioether (sulfide) groups is 1. The summed E-state index contributed by atoms with van der Waals surface area (Å²) in [5.74, 6) is -2.06. The Morgan fingerprint density at radius 1 is 1.07 bits per heavy atom. The first-order valence-electron chi connectivity index (χ1n) is 7.57. The van der Waals surface area contributed by atoms with Gasteiger partial charge in [-0.15, -0.1) is 21.5 Å². The van der Waals surface area contributed by atoms with Gasteiger partial charge >= 0.3 is 0 Å². The van der Waals surface area contributed by atoms with Gasteiger partial charge < -0.3 is 10.6 Å². The van der Waals surface area contributed by atoms with Crippen LogP contribution in [-0.2, 0) is 4.79 Å². The van der Waals surface area contributed by atoms with Crippen molar-refractivity contribution in [1.29, 1.82) is 0 Å². The quantitative estimate of drug-likeness (QED) is 0.609. The van der Waals surface area contributed by atoms with Crippen LogP contribution in [0.15, 0.2) is 52.9 Å². The number of nitrogens with one attached hydrogen (secondary N) is 2. The lowest BCUT2D eigenvalue weighted by Crippen LogP contribution is -2.15. The largest absolute Gasteiger partial charge is 0.323 e. The van der Waals surface area contributed by atoms with Gasteiger partial charge in [0.05, 0.1) is 16.3 Å². The molecule has 2 heterocycles. The molecule has 0 saturated carbocycles. The van der Waals surface area contributed by atoms with Crippen molar-refractivity contribution < 1.29 is 18.4 Å². The van der Waals surface area contributed by atoms with E-state index in [0.717, 1.165) is 23.9 Å². The van der Waals surface area contributed by atoms with Gasteiger partial charge in [-0.2, -0.15) is 0 Å². The zero-order chi connectivity index (χ0) is 19.2. The van der Waals surface area contributed by atoms with Gasteiger partial charge in [0.1, 0.15) is 16.7 Å². The lowest BCUT2D eigenvalue weighted by Gasteiger charge is -2.06. The summed E-state index contributed by atoms with van der Waals surface area (Å²) < 4.78 is 26.4. The van der Waals surface area contributed by atoms with Crippen LogP contribution < -0.4 is 10.6 Å². The molecule has 0 spiro atoms. The minimum absolute atomic E-state index is 0.0353. The summed E-state index contributed by atoms with van der Waals surface area (Å²) in [6.07, 6.45) is 0. The third-order valence-electron chi connectivity index (χ3n) is 3.18. The SMILES string of the molecule is O=C(CSc1ccc(NC(=O)c2cccs2)nn1)Nc1ccc(F)cc1F. The molecule has 0 radical (unpaired) electrons. The number of anilines is 2. The average Bonchev–Trinajstić information content (AvgIpc) is 3.18. The highest BCUT2D eigenvalue weighted by Crippen LogP contribution is 2.19. The average molecular weight is 406 g/mol. The molecule has 6 nitrogen and oxygen atoms in total. The van der Waals surface area contributed by atoms with Crippen LogP contribution in [0.4, 0.5) is 20.3 Å². The number of benzene rings is 1. The molecule has 10 heteroatoms. The molecule has 0 fully saturated rings. The number of nitrogens with zero attached hydrogens (tertiary/aromatic N) is 2. The smallest absolute Gasteiger partial charge is 0.266 e. The second-order valence-corrected chi connectivity index (χ2v) is 7.09. The highest BCUT2D eigenvalue weighted by atomic mass is 32.2. The summed E-state index contributed by atoms with van der Waals surface area (Å²) in [5, 5.41) is 15.0. The molecule has 1 aromatic carbocycles. The van der Waals surface area contributed by atoms with Crippen LogP contribution in [0.1, 0.15) is 9.67 Å². The molecule has 138 valence electrons. The summed E-state index contributed by atoms with van der Waals surface area (Å²) in [6, 6.07) is 9.54. The van der Waals surface area contributed by atoms with Crippen molar-refractivity contribution in [3.05, 3.63) is 64.4 Å². The first-order chi connectivity index (χ1) is 13.0. The fraction of sp³-hybridized carbons (Fsp3) is 0.0588. The van der Waals surface area contributed by atoms with Crippen LogP contribution in [-0.4, -0.2) is 27.8 Å². The fourth-order valence-electron chi connectivity index (χ4n) is 1.97. The van der Waals surface area contributed by atoms with Gasteiger partial charge in [-0.05, 0) is 35.7 Å². The third-order valence-corrected chi connectivity index (χ3v) is 4.97. The molecule has 3 rings (SSSR count). The van der Waals surface area contributed by atoms with Gasteiger partial charge in [0.15, 0.2) is 5.82 Å². The van der Waals surface area contributed by atoms with E-state index in [1.165, 1.54) is 11.3 Å². The van der Waals surface area contributed by atoms with Crippen molar-refractivity contribution in [2.75, 3.05) is 16.4 Å². The number of hydrogen-bond acceptors (Lipinski definition) is 6. The van der Waals surface area contributed by atoms with Crippen LogP contribution >= 0.6 is 23.1 Å². The molecule has 2 aromatic heterocycles. The van der Waals surface area contributed by atoms with Gasteiger partial charge in [-0.3, -0.25) is 9.59 Å². The molecule has 0 aliphatic rings. The third kappa shape index (κ3) is 5.31. The molecular formula is C17H12F2N4O2S2. The molecule has 2 amide bonds. The Balaban J connectivity index is 1.51. The predicted molar refractivity (Wildman–Crippen MR) is 100 cm³/mol. The molecule has 27 heavy (non-hydrogen) atoms. The Kier molecular flexibility index (Phi) is 6.09. The molecular weight excluding hydrogens is 394 g/mol. The topological polar surface area (TPSA) is 84.0 Å². The summed E-state index contributed by atoms with van der Waals surface area (Å²) in [5.41, 5.74) is -0.0975. The van der Waals surface area contributed by atoms with E-state index in [1.54, 1.807) is 29.6 Å². The van der Waals surface area contributed by atoms with Crippen LogP contribution in [0.3, 0.4) is 0 Å². The first kappa shape index (κ1) is 18.9. The second-order valence-electron chi connectivity index (χ2n) is 5.15. The normalized spacial score (nSPS) is 10.4. The fourth-order valence-corrected chi connectivity index (χ4v) is 3.20. The lowest BCUT2D eigenvalue weighted by atomic mass is 10.3. The maximum Gasteiger partial charge on any atom is 0.266 e. The van der Waals surface area contributed by atoms with E-state index in [0.29, 0.717) is 16.0 Å². The summed E-state index contributed by atoms with van der Waals surface area (Å²) in [4.78, 5) is 24.3. The number of aromatic nitrogens is 2. The van der Waals surface area contributed by atoms with E-state index in [9.17, 15) is 18.4 Å². The molecule has 0 unspecified atom stereocenters. The highest BCUT2D eigenvalue weighted by Gasteiger charge is 2.11. The Morgan fingerprint density at radius 3 is 2.59 bits per heavy atom. The molecule has 2 N–H and O–H groups in total. The molecule has 0 aliphatic heterocycles. The van der Waals surface area contributed by atoms with E-state index in [4.69, 9.17) is 0 Å². The molecule has 0 atom stereocenters. The monoisotopic (exact) mass is 406 g/mol. The molecule has 0 saturated heterocycles. The number of carbonyl (C=O) groups is 2. The summed E-state index contributed by atoms with van der Waals surface area (Å²) in [7, 11) is 0. The van der Waals surface area contributed by atoms with E-state index in [1.807, 2.05) is 0 Å². The molecule has 0 aliphatic carbocycles. The van der Waals surface area contributed by atoms with Gasteiger partial charge in [0, 0.05) is 6.07 Å². The Labute approximate surface area is 161 Å². The Hall–Kier alpha value is -2.85. The Bertz CT molecular complexity index is 950. The zero-order valence-corrected chi connectivity index (χ0v) is 15.2. The van der Waals surface area contributed by atoms with E-state index >= 15 is 0 Å². The van der Waals surface area contributed by atoms with Crippen LogP contribution in [0.2, 0.25) is 0 Å². The number of rotatable bonds is 6. The number of thiophene rings is 1. The van der Waals surface area contributed by atoms with Gasteiger partial charge in [-0.1, -0.05) is 17.8 Å². The predicted octanol–water partition coefficient (Wildman–Crippen LogP) is 3.80. The van der Waals surface area contributed by atoms with E-state index in [-0.39, 0.29) is 23.2 Å². The maximum absolute atomic E-state index is 13.5. The van der Waals surface area contributed by atoms with Crippen molar-refractivity contribution in [1.82, 2.24) is 10.2 Å². The number of hydrogen-bond donors (Lipinski definition) is 2. The minimum atomic E-state index is -0.848. The van der Waals surface area contributed by atoms with Gasteiger partial charge in [-0.25, -0.2) is 8.78 Å². The summed E-state index contributed by atoms with van der Waals surface area (Å²) >= 11 is 2.40. The zero-order valence-electron chi connectivity index (χ0n) is 13.6. The molecule has 3 aromatic rings. The van der Waals surface area contributed by atoms with Gasteiger partial charge in [0.25, 0.3) is 5.91 Å². The maximum atomic E-state index is 13.5. The Morgan fingerprint density at radius 2 is 1.93 bits per heavy atom. The minimum Gasteiger partial charge on any atom is -0.323 e. The lowest BCUT2D eigenvalue weighted by molar-refractivity contribution is -0.113. The van der Waals surface area contributed by atoms with Gasteiger partial charge in [0.2, 0.25) is 5.91 Å². The van der Waals surface area contributed by atoms with Crippen LogP contribution in [0, 0.1) is 11.6 Å². The molecule has 0 bridgehead atoms. The van der Waals surface area contributed by atoms with E-state index in [2.05, 4.69) is 20.8 Å². The number of halogens is 2. The highest BCUT2D eigenvalue weighted by molar-refractivity contribution is 7.99. The van der Waals surface area contributed by atoms with Crippen LogP contribution in [0.5, 0.6) is 0 Å². The van der Waals surface area contributed by atoms with Crippen molar-refractivity contribution >= 4 is 46.4 Å². The standard InChI is InChI=1S/C17H12F2N4O2S2/c18-10-3-4-12(11(19)8-10)20-15(24)9-27-16-6-5-14(22-23-16)21-17(25)13-2-1-7-26-13/h1-8H,9H2,(H,20,24)(H,21,22,25). The van der Waals surface area contributed by atoms with Crippen molar-refractivity contribution in [3.8, 4) is 0 Å². The first-order valence-corrected chi connectivity index (χ1v) is 9.44. The van der Waals surface area contributed by atoms with E-state index < -0.39 is 17.5 Å². The summed E-state index contributed by atoms with van der Waals surface area (Å²) in [6.45, 7) is 0. The number of amides is 2. The van der Waals surface area contributed by atoms with Crippen molar-refractivity contribution in [3.63, 3.8) is 0 Å².